The Balaban J connectivity index is 2.91. The average Bonchev–Trinajstić information content (AvgIpc) is 2.16. The molecule has 0 spiro atoms. The van der Waals surface area contributed by atoms with Crippen LogP contribution in [0.3, 0.4) is 0 Å². The highest BCUT2D eigenvalue weighted by Crippen LogP contribution is 2.15. The Bertz CT molecular complexity index is 524. The summed E-state index contributed by atoms with van der Waals surface area (Å²) in [5.74, 6) is -0.454. The van der Waals surface area contributed by atoms with Crippen molar-refractivity contribution in [2.24, 2.45) is 5.73 Å². The van der Waals surface area contributed by atoms with Crippen LogP contribution in [0.4, 0.5) is 10.1 Å². The fourth-order valence-electron chi connectivity index (χ4n) is 1.38. The van der Waals surface area contributed by atoms with Gasteiger partial charge in [-0.2, -0.15) is 13.1 Å². The van der Waals surface area contributed by atoms with Crippen molar-refractivity contribution in [2.75, 3.05) is 4.72 Å². The first-order valence-electron chi connectivity index (χ1n) is 5.43. The fourth-order valence-corrected chi connectivity index (χ4v) is 2.67. The molecule has 0 aliphatic carbocycles. The Morgan fingerprint density at radius 3 is 2.44 bits per heavy atom. The molecule has 1 aromatic rings. The van der Waals surface area contributed by atoms with Crippen LogP contribution in [0.5, 0.6) is 0 Å². The van der Waals surface area contributed by atoms with Gasteiger partial charge in [0.05, 0.1) is 5.69 Å². The molecule has 0 fully saturated rings. The van der Waals surface area contributed by atoms with Crippen LogP contribution in [0.1, 0.15) is 26.3 Å². The number of hydrogen-bond donors (Lipinski definition) is 3. The lowest BCUT2D eigenvalue weighted by molar-refractivity contribution is 0.494. The molecule has 0 aromatic heterocycles. The highest BCUT2D eigenvalue weighted by molar-refractivity contribution is 7.90. The molecule has 0 saturated carbocycles. The first-order chi connectivity index (χ1) is 8.13. The van der Waals surface area contributed by atoms with Gasteiger partial charge < -0.3 is 5.73 Å². The van der Waals surface area contributed by atoms with E-state index in [0.29, 0.717) is 0 Å². The van der Waals surface area contributed by atoms with Crippen molar-refractivity contribution >= 4 is 15.9 Å². The Morgan fingerprint density at radius 2 is 1.94 bits per heavy atom. The lowest BCUT2D eigenvalue weighted by Crippen LogP contribution is -2.43. The molecule has 0 radical (unpaired) electrons. The van der Waals surface area contributed by atoms with Gasteiger partial charge in [-0.3, -0.25) is 4.72 Å². The summed E-state index contributed by atoms with van der Waals surface area (Å²) < 4.78 is 41.5. The van der Waals surface area contributed by atoms with Crippen molar-refractivity contribution in [3.8, 4) is 0 Å². The predicted molar refractivity (Wildman–Crippen MR) is 69.7 cm³/mol. The van der Waals surface area contributed by atoms with Crippen molar-refractivity contribution in [1.29, 1.82) is 0 Å². The second-order valence-electron chi connectivity index (χ2n) is 4.97. The van der Waals surface area contributed by atoms with E-state index in [9.17, 15) is 12.8 Å². The van der Waals surface area contributed by atoms with E-state index in [2.05, 4.69) is 9.44 Å². The van der Waals surface area contributed by atoms with Gasteiger partial charge in [0.25, 0.3) is 10.2 Å². The largest absolute Gasteiger partial charge is 0.326 e. The molecule has 0 atom stereocenters. The molecule has 0 aliphatic heterocycles. The molecule has 0 saturated heterocycles. The SMILES string of the molecule is CC(C)(C)NS(=O)(=O)Nc1ccc(F)c(CN)c1. The van der Waals surface area contributed by atoms with Gasteiger partial charge in [-0.05, 0) is 39.0 Å². The summed E-state index contributed by atoms with van der Waals surface area (Å²) in [5, 5.41) is 0. The maximum absolute atomic E-state index is 13.2. The van der Waals surface area contributed by atoms with Crippen LogP contribution in [0, 0.1) is 5.82 Å². The second kappa shape index (κ2) is 5.21. The Kier molecular flexibility index (Phi) is 4.31. The summed E-state index contributed by atoms with van der Waals surface area (Å²) in [6, 6.07) is 3.89. The molecular formula is C11H18FN3O2S. The summed E-state index contributed by atoms with van der Waals surface area (Å²) in [4.78, 5) is 0. The number of nitrogens with one attached hydrogen (secondary N) is 2. The van der Waals surface area contributed by atoms with Crippen LogP contribution in [0.2, 0.25) is 0 Å². The summed E-state index contributed by atoms with van der Waals surface area (Å²) in [5.41, 5.74) is 5.28. The van der Waals surface area contributed by atoms with Crippen molar-refractivity contribution in [3.63, 3.8) is 0 Å². The number of rotatable bonds is 4. The van der Waals surface area contributed by atoms with Crippen LogP contribution in [0.25, 0.3) is 0 Å². The Labute approximate surface area is 107 Å². The van der Waals surface area contributed by atoms with Crippen LogP contribution in [0.15, 0.2) is 18.2 Å². The van der Waals surface area contributed by atoms with Gasteiger partial charge in [0.2, 0.25) is 0 Å². The van der Waals surface area contributed by atoms with Crippen molar-refractivity contribution in [2.45, 2.75) is 32.9 Å². The summed E-state index contributed by atoms with van der Waals surface area (Å²) in [6.07, 6.45) is 0. The number of halogens is 1. The number of nitrogens with two attached hydrogens (primary N) is 1. The monoisotopic (exact) mass is 275 g/mol. The van der Waals surface area contributed by atoms with E-state index in [0.717, 1.165) is 0 Å². The normalized spacial score (nSPS) is 12.5. The summed E-state index contributed by atoms with van der Waals surface area (Å²) >= 11 is 0. The quantitative estimate of drug-likeness (QED) is 0.775. The highest BCUT2D eigenvalue weighted by Gasteiger charge is 2.19. The smallest absolute Gasteiger partial charge is 0.299 e. The third-order valence-electron chi connectivity index (χ3n) is 1.96. The molecular weight excluding hydrogens is 257 g/mol. The first kappa shape index (κ1) is 14.9. The van der Waals surface area contributed by atoms with Gasteiger partial charge in [-0.25, -0.2) is 4.39 Å². The molecule has 1 rings (SSSR count). The molecule has 0 aliphatic rings. The molecule has 1 aromatic carbocycles. The van der Waals surface area contributed by atoms with Gasteiger partial charge in [0, 0.05) is 17.6 Å². The van der Waals surface area contributed by atoms with Gasteiger partial charge in [-0.15, -0.1) is 0 Å². The molecule has 0 amide bonds. The van der Waals surface area contributed by atoms with Gasteiger partial charge >= 0.3 is 0 Å². The van der Waals surface area contributed by atoms with Crippen LogP contribution in [-0.2, 0) is 16.8 Å². The third kappa shape index (κ3) is 4.59. The van der Waals surface area contributed by atoms with E-state index in [4.69, 9.17) is 5.73 Å². The number of hydrogen-bond acceptors (Lipinski definition) is 3. The van der Waals surface area contributed by atoms with Crippen LogP contribution < -0.4 is 15.2 Å². The molecule has 4 N–H and O–H groups in total. The maximum atomic E-state index is 13.2. The first-order valence-corrected chi connectivity index (χ1v) is 6.91. The second-order valence-corrected chi connectivity index (χ2v) is 6.38. The molecule has 18 heavy (non-hydrogen) atoms. The molecule has 7 heteroatoms. The standard InChI is InChI=1S/C11H18FN3O2S/c1-11(2,3)15-18(16,17)14-9-4-5-10(12)8(6-9)7-13/h4-6,14-15H,7,13H2,1-3H3. The Hall–Kier alpha value is -1.18. The minimum absolute atomic E-state index is 0.00804. The zero-order valence-corrected chi connectivity index (χ0v) is 11.4. The van der Waals surface area contributed by atoms with Crippen molar-refractivity contribution in [1.82, 2.24) is 4.72 Å². The lowest BCUT2D eigenvalue weighted by Gasteiger charge is -2.21. The van der Waals surface area contributed by atoms with Gasteiger partial charge in [-0.1, -0.05) is 0 Å². The van der Waals surface area contributed by atoms with Crippen LogP contribution >= 0.6 is 0 Å². The predicted octanol–water partition coefficient (Wildman–Crippen LogP) is 1.33. The van der Waals surface area contributed by atoms with Crippen molar-refractivity contribution < 1.29 is 12.8 Å². The molecule has 102 valence electrons. The van der Waals surface area contributed by atoms with E-state index in [1.54, 1.807) is 20.8 Å². The van der Waals surface area contributed by atoms with E-state index < -0.39 is 21.6 Å². The number of anilines is 1. The summed E-state index contributed by atoms with van der Waals surface area (Å²) in [7, 11) is -3.69. The van der Waals surface area contributed by atoms with E-state index in [-0.39, 0.29) is 17.8 Å². The van der Waals surface area contributed by atoms with Crippen LogP contribution in [-0.4, -0.2) is 14.0 Å². The molecule has 0 heterocycles. The maximum Gasteiger partial charge on any atom is 0.299 e. The van der Waals surface area contributed by atoms with E-state index in [1.165, 1.54) is 18.2 Å². The minimum atomic E-state index is -3.69. The topological polar surface area (TPSA) is 84.2 Å². The molecule has 5 nitrogen and oxygen atoms in total. The fraction of sp³-hybridized carbons (Fsp3) is 0.455. The van der Waals surface area contributed by atoms with E-state index in [1.807, 2.05) is 0 Å². The summed E-state index contributed by atoms with van der Waals surface area (Å²) in [6.45, 7) is 5.18. The minimum Gasteiger partial charge on any atom is -0.326 e. The number of benzene rings is 1. The molecule has 0 unspecified atom stereocenters. The zero-order chi connectivity index (χ0) is 14.0. The zero-order valence-electron chi connectivity index (χ0n) is 10.6. The average molecular weight is 275 g/mol. The molecule has 0 bridgehead atoms. The lowest BCUT2D eigenvalue weighted by atomic mass is 10.1. The van der Waals surface area contributed by atoms with Gasteiger partial charge in [0.1, 0.15) is 5.82 Å². The van der Waals surface area contributed by atoms with Crippen molar-refractivity contribution in [3.05, 3.63) is 29.6 Å². The van der Waals surface area contributed by atoms with E-state index >= 15 is 0 Å². The highest BCUT2D eigenvalue weighted by atomic mass is 32.2. The third-order valence-corrected chi connectivity index (χ3v) is 3.34. The van der Waals surface area contributed by atoms with Gasteiger partial charge in [0.15, 0.2) is 0 Å². The Morgan fingerprint density at radius 1 is 1.33 bits per heavy atom.